The highest BCUT2D eigenvalue weighted by Gasteiger charge is 2.41. The van der Waals surface area contributed by atoms with Crippen LogP contribution < -0.4 is 0 Å². The summed E-state index contributed by atoms with van der Waals surface area (Å²) in [5.41, 5.74) is 0.820. The molecule has 2 atom stereocenters. The van der Waals surface area contributed by atoms with Crippen molar-refractivity contribution in [3.63, 3.8) is 0 Å². The molecule has 2 aliphatic rings. The van der Waals surface area contributed by atoms with E-state index in [-0.39, 0.29) is 23.3 Å². The van der Waals surface area contributed by atoms with Gasteiger partial charge in [-0.2, -0.15) is 0 Å². The Kier molecular flexibility index (Phi) is 3.13. The Morgan fingerprint density at radius 2 is 1.85 bits per heavy atom. The summed E-state index contributed by atoms with van der Waals surface area (Å²) in [4.78, 5) is 26.0. The summed E-state index contributed by atoms with van der Waals surface area (Å²) in [6, 6.07) is 6.96. The zero-order valence-electron chi connectivity index (χ0n) is 11.6. The Morgan fingerprint density at radius 3 is 2.40 bits per heavy atom. The predicted molar refractivity (Wildman–Crippen MR) is 74.4 cm³/mol. The van der Waals surface area contributed by atoms with Gasteiger partial charge in [0.25, 0.3) is 11.8 Å². The summed E-state index contributed by atoms with van der Waals surface area (Å²) in [5, 5.41) is 9.84. The van der Waals surface area contributed by atoms with Crippen molar-refractivity contribution in [2.24, 2.45) is 5.41 Å². The molecule has 1 aliphatic carbocycles. The number of rotatable bonds is 2. The highest BCUT2D eigenvalue weighted by molar-refractivity contribution is 6.21. The first-order chi connectivity index (χ1) is 9.50. The monoisotopic (exact) mass is 273 g/mol. The van der Waals surface area contributed by atoms with E-state index >= 15 is 0 Å². The highest BCUT2D eigenvalue weighted by atomic mass is 16.3. The van der Waals surface area contributed by atoms with Crippen molar-refractivity contribution in [3.8, 4) is 0 Å². The van der Waals surface area contributed by atoms with Crippen molar-refractivity contribution in [2.75, 3.05) is 6.54 Å². The van der Waals surface area contributed by atoms with Gasteiger partial charge in [-0.3, -0.25) is 14.5 Å². The first-order valence-electron chi connectivity index (χ1n) is 7.13. The maximum absolute atomic E-state index is 12.3. The summed E-state index contributed by atoms with van der Waals surface area (Å²) in [6.45, 7) is 2.45. The molecule has 106 valence electrons. The Labute approximate surface area is 118 Å². The first kappa shape index (κ1) is 13.3. The molecule has 1 fully saturated rings. The number of fused-ring (bicyclic) bond motifs is 1. The van der Waals surface area contributed by atoms with Gasteiger partial charge >= 0.3 is 0 Å². The van der Waals surface area contributed by atoms with E-state index in [4.69, 9.17) is 0 Å². The quantitative estimate of drug-likeness (QED) is 0.841. The van der Waals surface area contributed by atoms with Crippen molar-refractivity contribution in [2.45, 2.75) is 38.7 Å². The van der Waals surface area contributed by atoms with Gasteiger partial charge in [0.05, 0.1) is 17.2 Å². The minimum Gasteiger partial charge on any atom is -0.393 e. The molecule has 1 N–H and O–H groups in total. The van der Waals surface area contributed by atoms with Gasteiger partial charge in [-0.15, -0.1) is 0 Å². The van der Waals surface area contributed by atoms with Crippen molar-refractivity contribution in [1.29, 1.82) is 0 Å². The van der Waals surface area contributed by atoms with Crippen molar-refractivity contribution < 1.29 is 14.7 Å². The average molecular weight is 273 g/mol. The van der Waals surface area contributed by atoms with Gasteiger partial charge < -0.3 is 5.11 Å². The van der Waals surface area contributed by atoms with Gasteiger partial charge in [-0.1, -0.05) is 25.5 Å². The number of nitrogens with zero attached hydrogens (tertiary/aromatic N) is 1. The normalized spacial score (nSPS) is 29.7. The largest absolute Gasteiger partial charge is 0.393 e. The number of carbonyl (C=O) groups excluding carboxylic acids is 2. The Hall–Kier alpha value is -1.68. The van der Waals surface area contributed by atoms with E-state index in [1.165, 1.54) is 4.90 Å². The van der Waals surface area contributed by atoms with E-state index in [1.54, 1.807) is 24.3 Å². The van der Waals surface area contributed by atoms with Gasteiger partial charge in [0.2, 0.25) is 0 Å². The molecule has 4 nitrogen and oxygen atoms in total. The maximum atomic E-state index is 12.3. The molecule has 0 radical (unpaired) electrons. The van der Waals surface area contributed by atoms with Gasteiger partial charge in [0, 0.05) is 6.54 Å². The van der Waals surface area contributed by atoms with Crippen molar-refractivity contribution in [3.05, 3.63) is 35.4 Å². The molecule has 3 rings (SSSR count). The third-order valence-corrected chi connectivity index (χ3v) is 4.46. The predicted octanol–water partition coefficient (Wildman–Crippen LogP) is 2.22. The smallest absolute Gasteiger partial charge is 0.261 e. The molecule has 0 aromatic heterocycles. The molecule has 0 bridgehead atoms. The molecule has 1 heterocycles. The van der Waals surface area contributed by atoms with Crippen LogP contribution in [0.3, 0.4) is 0 Å². The summed E-state index contributed by atoms with van der Waals surface area (Å²) >= 11 is 0. The van der Waals surface area contributed by atoms with E-state index < -0.39 is 0 Å². The van der Waals surface area contributed by atoms with Gasteiger partial charge in [-0.25, -0.2) is 0 Å². The molecule has 1 saturated carbocycles. The lowest BCUT2D eigenvalue weighted by atomic mass is 9.74. The van der Waals surface area contributed by atoms with Crippen molar-refractivity contribution >= 4 is 11.8 Å². The molecule has 2 amide bonds. The second-order valence-electron chi connectivity index (χ2n) is 6.30. The lowest BCUT2D eigenvalue weighted by molar-refractivity contribution is 0.0286. The van der Waals surface area contributed by atoms with Crippen molar-refractivity contribution in [1.82, 2.24) is 4.90 Å². The van der Waals surface area contributed by atoms with Crippen LogP contribution in [0.1, 0.15) is 53.3 Å². The van der Waals surface area contributed by atoms with Crippen LogP contribution in [0.15, 0.2) is 24.3 Å². The van der Waals surface area contributed by atoms with Crippen LogP contribution in [0.25, 0.3) is 0 Å². The fourth-order valence-corrected chi connectivity index (χ4v) is 3.45. The fourth-order valence-electron chi connectivity index (χ4n) is 3.45. The molecule has 0 spiro atoms. The van der Waals surface area contributed by atoms with Crippen LogP contribution in [-0.2, 0) is 0 Å². The maximum Gasteiger partial charge on any atom is 0.261 e. The number of benzene rings is 1. The van der Waals surface area contributed by atoms with E-state index in [2.05, 4.69) is 6.92 Å². The summed E-state index contributed by atoms with van der Waals surface area (Å²) in [7, 11) is 0. The first-order valence-corrected chi connectivity index (χ1v) is 7.13. The van der Waals surface area contributed by atoms with E-state index in [1.807, 2.05) is 0 Å². The number of aliphatic hydroxyl groups is 1. The molecule has 20 heavy (non-hydrogen) atoms. The third-order valence-electron chi connectivity index (χ3n) is 4.46. The number of aliphatic hydroxyl groups excluding tert-OH is 1. The third kappa shape index (κ3) is 2.14. The number of carbonyl (C=O) groups is 2. The lowest BCUT2D eigenvalue weighted by Gasteiger charge is -2.38. The molecule has 1 aromatic rings. The molecule has 4 heteroatoms. The summed E-state index contributed by atoms with van der Waals surface area (Å²) < 4.78 is 0. The number of hydrogen-bond donors (Lipinski definition) is 1. The van der Waals surface area contributed by atoms with Crippen LogP contribution in [0.2, 0.25) is 0 Å². The van der Waals surface area contributed by atoms with Crippen LogP contribution in [0.5, 0.6) is 0 Å². The minimum absolute atomic E-state index is 0.176. The summed E-state index contributed by atoms with van der Waals surface area (Å²) in [5.74, 6) is -0.404. The fraction of sp³-hybridized carbons (Fsp3) is 0.500. The molecule has 1 aliphatic heterocycles. The lowest BCUT2D eigenvalue weighted by Crippen LogP contribution is -2.42. The van der Waals surface area contributed by atoms with Crippen LogP contribution in [-0.4, -0.2) is 34.5 Å². The topological polar surface area (TPSA) is 57.6 Å². The second-order valence-corrected chi connectivity index (χ2v) is 6.30. The van der Waals surface area contributed by atoms with Gasteiger partial charge in [0.1, 0.15) is 0 Å². The average Bonchev–Trinajstić information content (AvgIpc) is 2.64. The minimum atomic E-state index is -0.316. The molecular formula is C16H19NO3. The molecule has 0 saturated heterocycles. The van der Waals surface area contributed by atoms with Crippen LogP contribution in [0.4, 0.5) is 0 Å². The number of imide groups is 1. The Bertz CT molecular complexity index is 534. The van der Waals surface area contributed by atoms with Crippen LogP contribution in [0, 0.1) is 5.41 Å². The molecular weight excluding hydrogens is 254 g/mol. The number of amides is 2. The van der Waals surface area contributed by atoms with E-state index in [9.17, 15) is 14.7 Å². The summed E-state index contributed by atoms with van der Waals surface area (Å²) in [6.07, 6.45) is 3.04. The van der Waals surface area contributed by atoms with E-state index in [0.29, 0.717) is 24.1 Å². The second kappa shape index (κ2) is 4.70. The standard InChI is InChI=1S/C16H19NO3/c1-16(8-4-5-11(18)9-16)10-17-14(19)12-6-2-3-7-13(12)15(17)20/h2-3,6-7,11,18H,4-5,8-10H2,1H3. The molecule has 2 unspecified atom stereocenters. The number of hydrogen-bond acceptors (Lipinski definition) is 3. The van der Waals surface area contributed by atoms with Gasteiger partial charge in [-0.05, 0) is 36.8 Å². The Morgan fingerprint density at radius 1 is 1.25 bits per heavy atom. The SMILES string of the molecule is CC1(CN2C(=O)c3ccccc3C2=O)CCCC(O)C1. The zero-order chi connectivity index (χ0) is 14.3. The van der Waals surface area contributed by atoms with Gasteiger partial charge in [0.15, 0.2) is 0 Å². The van der Waals surface area contributed by atoms with E-state index in [0.717, 1.165) is 19.3 Å². The zero-order valence-corrected chi connectivity index (χ0v) is 11.6. The molecule has 1 aromatic carbocycles. The highest BCUT2D eigenvalue weighted by Crippen LogP contribution is 2.38. The Balaban J connectivity index is 1.83. The van der Waals surface area contributed by atoms with Crippen LogP contribution >= 0.6 is 0 Å².